The van der Waals surface area contributed by atoms with Gasteiger partial charge in [0.2, 0.25) is 0 Å². The van der Waals surface area contributed by atoms with Gasteiger partial charge in [0, 0.05) is 23.9 Å². The fourth-order valence-corrected chi connectivity index (χ4v) is 7.28. The number of ether oxygens (including phenoxy) is 6. The molecule has 0 aromatic carbocycles. The summed E-state index contributed by atoms with van der Waals surface area (Å²) < 4.78 is 28.9. The zero-order chi connectivity index (χ0) is 36.7. The van der Waals surface area contributed by atoms with E-state index in [4.69, 9.17) is 18.9 Å². The van der Waals surface area contributed by atoms with Crippen LogP contribution < -0.4 is 10.6 Å². The van der Waals surface area contributed by atoms with Gasteiger partial charge in [-0.3, -0.25) is 24.0 Å². The molecule has 0 aromatic rings. The van der Waals surface area contributed by atoms with E-state index in [9.17, 15) is 28.8 Å². The Kier molecular flexibility index (Phi) is 15.8. The first-order valence-electron chi connectivity index (χ1n) is 17.5. The third-order valence-electron chi connectivity index (χ3n) is 10.6. The Bertz CT molecular complexity index is 1210. The minimum Gasteiger partial charge on any atom is -0.468 e. The Morgan fingerprint density at radius 3 is 1.50 bits per heavy atom. The van der Waals surface area contributed by atoms with Gasteiger partial charge in [0.25, 0.3) is 6.47 Å². The van der Waals surface area contributed by atoms with Gasteiger partial charge >= 0.3 is 30.0 Å². The van der Waals surface area contributed by atoms with E-state index in [0.717, 1.165) is 37.5 Å². The van der Waals surface area contributed by atoms with E-state index in [1.165, 1.54) is 52.4 Å². The predicted octanol–water partition coefficient (Wildman–Crippen LogP) is 3.42. The van der Waals surface area contributed by atoms with E-state index in [2.05, 4.69) is 40.3 Å². The van der Waals surface area contributed by atoms with Gasteiger partial charge in [0.1, 0.15) is 26.4 Å². The second kappa shape index (κ2) is 19.5. The molecule has 4 rings (SSSR count). The number of methoxy groups -OCH3 is 2. The maximum Gasteiger partial charge on any atom is 0.407 e. The van der Waals surface area contributed by atoms with E-state index in [1.807, 2.05) is 0 Å². The molecule has 0 radical (unpaired) electrons. The second-order valence-electron chi connectivity index (χ2n) is 13.5. The van der Waals surface area contributed by atoms with Crippen molar-refractivity contribution in [2.45, 2.75) is 82.7 Å². The third kappa shape index (κ3) is 10.3. The molecule has 14 heteroatoms. The molecule has 4 aliphatic rings. The molecule has 4 fully saturated rings. The van der Waals surface area contributed by atoms with Crippen LogP contribution in [0.5, 0.6) is 0 Å². The van der Waals surface area contributed by atoms with Crippen LogP contribution in [-0.2, 0) is 52.4 Å². The van der Waals surface area contributed by atoms with Crippen LogP contribution in [0.25, 0.3) is 0 Å². The summed E-state index contributed by atoms with van der Waals surface area (Å²) in [5.74, 6) is -1.47. The minimum absolute atomic E-state index is 0.0365. The predicted molar refractivity (Wildman–Crippen MR) is 179 cm³/mol. The molecule has 0 spiro atoms. The number of nitrogens with one attached hydrogen (secondary N) is 2. The molecule has 4 saturated carbocycles. The summed E-state index contributed by atoms with van der Waals surface area (Å²) in [6, 6.07) is 0.834. The lowest BCUT2D eigenvalue weighted by molar-refractivity contribution is -0.166. The molecule has 1 amide bonds. The van der Waals surface area contributed by atoms with Gasteiger partial charge in [-0.15, -0.1) is 13.2 Å². The normalized spacial score (nSPS) is 30.8. The first-order valence-corrected chi connectivity index (χ1v) is 17.5. The number of hydrogen-bond acceptors (Lipinski definition) is 13. The van der Waals surface area contributed by atoms with E-state index in [-0.39, 0.29) is 50.8 Å². The number of rotatable bonds is 17. The monoisotopic (exact) mass is 706 g/mol. The molecule has 0 aliphatic heterocycles. The van der Waals surface area contributed by atoms with E-state index in [0.29, 0.717) is 18.9 Å². The molecule has 0 heterocycles. The topological polar surface area (TPSA) is 182 Å². The van der Waals surface area contributed by atoms with E-state index in [1.54, 1.807) is 6.08 Å². The standard InChI is InChI=1S/C25H40N2O6.C11H14O6/c1-4-19-16-25(19,22(28)31-3)23(29)32-13-14-33-24(30)27-21-11-7-18(8-12-21)15-17-5-9-20(26-2)10-6-17;1-3-8-6-11(8,9(13)15-2)10(14)17-5-4-16-7-12/h4,17-21,26H,1,5-16H2,2-3H3,(H,27,30);3,7-8H,1,4-6H2,2H3. The van der Waals surface area contributed by atoms with Crippen molar-refractivity contribution in [2.75, 3.05) is 47.7 Å². The van der Waals surface area contributed by atoms with Crippen molar-refractivity contribution in [2.24, 2.45) is 34.5 Å². The van der Waals surface area contributed by atoms with Crippen LogP contribution in [0, 0.1) is 34.5 Å². The third-order valence-corrected chi connectivity index (χ3v) is 10.6. The first kappa shape index (κ1) is 40.5. The van der Waals surface area contributed by atoms with Crippen LogP contribution in [0.15, 0.2) is 25.3 Å². The van der Waals surface area contributed by atoms with Crippen molar-refractivity contribution in [1.82, 2.24) is 10.6 Å². The van der Waals surface area contributed by atoms with Crippen LogP contribution in [0.4, 0.5) is 4.79 Å². The highest BCUT2D eigenvalue weighted by molar-refractivity contribution is 6.04. The molecule has 0 aromatic heterocycles. The van der Waals surface area contributed by atoms with Gasteiger partial charge in [-0.05, 0) is 89.5 Å². The number of carbonyl (C=O) groups excluding carboxylic acids is 6. The molecule has 2 N–H and O–H groups in total. The Balaban J connectivity index is 0.000000335. The van der Waals surface area contributed by atoms with Gasteiger partial charge in [-0.25, -0.2) is 4.79 Å². The summed E-state index contributed by atoms with van der Waals surface area (Å²) in [6.07, 6.45) is 14.1. The van der Waals surface area contributed by atoms with Crippen molar-refractivity contribution in [1.29, 1.82) is 0 Å². The van der Waals surface area contributed by atoms with E-state index < -0.39 is 40.8 Å². The van der Waals surface area contributed by atoms with Crippen molar-refractivity contribution >= 4 is 36.4 Å². The average molecular weight is 707 g/mol. The molecule has 50 heavy (non-hydrogen) atoms. The number of carbonyl (C=O) groups is 6. The highest BCUT2D eigenvalue weighted by Gasteiger charge is 2.67. The molecule has 0 bridgehead atoms. The second-order valence-corrected chi connectivity index (χ2v) is 13.5. The zero-order valence-corrected chi connectivity index (χ0v) is 29.6. The average Bonchev–Trinajstić information content (AvgIpc) is 4.06. The Morgan fingerprint density at radius 2 is 1.10 bits per heavy atom. The molecule has 4 atom stereocenters. The lowest BCUT2D eigenvalue weighted by Gasteiger charge is -2.34. The van der Waals surface area contributed by atoms with Crippen molar-refractivity contribution in [3.63, 3.8) is 0 Å². The molecule has 4 unspecified atom stereocenters. The maximum absolute atomic E-state index is 12.3. The van der Waals surface area contributed by atoms with Gasteiger partial charge in [-0.1, -0.05) is 12.2 Å². The van der Waals surface area contributed by atoms with Crippen LogP contribution in [0.1, 0.15) is 70.6 Å². The summed E-state index contributed by atoms with van der Waals surface area (Å²) >= 11 is 0. The molecule has 14 nitrogen and oxygen atoms in total. The number of amides is 1. The highest BCUT2D eigenvalue weighted by Crippen LogP contribution is 2.55. The Morgan fingerprint density at radius 1 is 0.660 bits per heavy atom. The van der Waals surface area contributed by atoms with Crippen LogP contribution in [-0.4, -0.2) is 96.2 Å². The number of esters is 4. The summed E-state index contributed by atoms with van der Waals surface area (Å²) in [7, 11) is 4.51. The largest absolute Gasteiger partial charge is 0.468 e. The highest BCUT2D eigenvalue weighted by atomic mass is 16.6. The van der Waals surface area contributed by atoms with Gasteiger partial charge in [-0.2, -0.15) is 0 Å². The van der Waals surface area contributed by atoms with Gasteiger partial charge in [0.05, 0.1) is 14.2 Å². The SMILES string of the molecule is C=CC1CC1(C(=O)OC)C(=O)OCCOC(=O)NC1CCC(CC2CCC(NC)CC2)CC1.C=CC1CC1(C(=O)OC)C(=O)OCCOC=O. The first-order chi connectivity index (χ1) is 24.1. The van der Waals surface area contributed by atoms with Gasteiger partial charge < -0.3 is 39.1 Å². The molecule has 4 aliphatic carbocycles. The number of alkyl carbamates (subject to hydrolysis) is 1. The smallest absolute Gasteiger partial charge is 0.407 e. The fourth-order valence-electron chi connectivity index (χ4n) is 7.28. The van der Waals surface area contributed by atoms with Crippen molar-refractivity contribution in [3.8, 4) is 0 Å². The zero-order valence-electron chi connectivity index (χ0n) is 29.6. The summed E-state index contributed by atoms with van der Waals surface area (Å²) in [5, 5.41) is 6.33. The molecular weight excluding hydrogens is 652 g/mol. The van der Waals surface area contributed by atoms with Gasteiger partial charge in [0.15, 0.2) is 10.8 Å². The number of hydrogen-bond donors (Lipinski definition) is 2. The van der Waals surface area contributed by atoms with E-state index >= 15 is 0 Å². The molecule has 0 saturated heterocycles. The van der Waals surface area contributed by atoms with Crippen molar-refractivity contribution in [3.05, 3.63) is 25.3 Å². The van der Waals surface area contributed by atoms with Crippen LogP contribution >= 0.6 is 0 Å². The molecular formula is C36H54N2O12. The van der Waals surface area contributed by atoms with Crippen LogP contribution in [0.2, 0.25) is 0 Å². The maximum atomic E-state index is 12.3. The summed E-state index contributed by atoms with van der Waals surface area (Å²) in [4.78, 5) is 69.5. The Hall–Kier alpha value is -3.94. The minimum atomic E-state index is -1.29. The summed E-state index contributed by atoms with van der Waals surface area (Å²) in [5.41, 5.74) is -2.54. The number of allylic oxidation sites excluding steroid dienone is 2. The lowest BCUT2D eigenvalue weighted by atomic mass is 9.76. The quantitative estimate of drug-likeness (QED) is 0.0561. The van der Waals surface area contributed by atoms with Crippen LogP contribution in [0.3, 0.4) is 0 Å². The summed E-state index contributed by atoms with van der Waals surface area (Å²) in [6.45, 7) is 7.16. The lowest BCUT2D eigenvalue weighted by Crippen LogP contribution is -2.39. The van der Waals surface area contributed by atoms with Crippen molar-refractivity contribution < 1.29 is 57.2 Å². The molecule has 280 valence electrons. The fraction of sp³-hybridized carbons (Fsp3) is 0.722. The Labute approximate surface area is 294 Å².